The molecule has 2 saturated heterocycles. The number of rotatable bonds is 6. The molecule has 0 aliphatic carbocycles. The van der Waals surface area contributed by atoms with Gasteiger partial charge in [-0.15, -0.1) is 0 Å². The van der Waals surface area contributed by atoms with Gasteiger partial charge in [0.25, 0.3) is 5.91 Å². The second-order valence-corrected chi connectivity index (χ2v) is 8.96. The number of nitrogens with one attached hydrogen (secondary N) is 1. The Hall–Kier alpha value is -2.05. The number of piperidine rings is 1. The fraction of sp³-hybridized carbons (Fsp3) is 0.478. The Kier molecular flexibility index (Phi) is 7.06. The van der Waals surface area contributed by atoms with Crippen LogP contribution < -0.4 is 10.2 Å². The largest absolute Gasteiger partial charge is 0.355 e. The van der Waals surface area contributed by atoms with Crippen molar-refractivity contribution in [2.75, 3.05) is 55.7 Å². The molecule has 2 aromatic rings. The number of likely N-dealkylation sites (tertiary alicyclic amines) is 1. The Morgan fingerprint density at radius 1 is 0.931 bits per heavy atom. The van der Waals surface area contributed by atoms with Gasteiger partial charge in [0.1, 0.15) is 5.82 Å². The zero-order valence-electron chi connectivity index (χ0n) is 17.0. The average molecular weight is 411 g/mol. The quantitative estimate of drug-likeness (QED) is 0.790. The van der Waals surface area contributed by atoms with Crippen LogP contribution in [0.3, 0.4) is 0 Å². The lowest BCUT2D eigenvalue weighted by molar-refractivity contribution is 0.0946. The van der Waals surface area contributed by atoms with Gasteiger partial charge in [0.05, 0.1) is 0 Å². The van der Waals surface area contributed by atoms with Crippen LogP contribution in [-0.2, 0) is 0 Å². The number of hydrogen-bond acceptors (Lipinski definition) is 5. The molecule has 2 fully saturated rings. The van der Waals surface area contributed by atoms with Crippen molar-refractivity contribution in [1.29, 1.82) is 0 Å². The summed E-state index contributed by atoms with van der Waals surface area (Å²) in [4.78, 5) is 21.8. The normalized spacial score (nSPS) is 17.9. The number of thioether (sulfide) groups is 1. The van der Waals surface area contributed by atoms with Gasteiger partial charge in [-0.3, -0.25) is 4.79 Å². The first-order valence-corrected chi connectivity index (χ1v) is 11.8. The molecule has 5 nitrogen and oxygen atoms in total. The van der Waals surface area contributed by atoms with E-state index >= 15 is 0 Å². The Balaban J connectivity index is 1.30. The van der Waals surface area contributed by atoms with E-state index in [-0.39, 0.29) is 5.91 Å². The van der Waals surface area contributed by atoms with E-state index in [1.165, 1.54) is 30.8 Å². The Bertz CT molecular complexity index is 782. The number of nitrogens with zero attached hydrogens (tertiary/aromatic N) is 3. The number of benzene rings is 1. The fourth-order valence-corrected chi connectivity index (χ4v) is 4.87. The Morgan fingerprint density at radius 3 is 2.34 bits per heavy atom. The lowest BCUT2D eigenvalue weighted by Crippen LogP contribution is -2.37. The van der Waals surface area contributed by atoms with Crippen LogP contribution in [0.1, 0.15) is 29.6 Å². The molecular weight excluding hydrogens is 380 g/mol. The first kappa shape index (κ1) is 20.2. The molecule has 3 heterocycles. The van der Waals surface area contributed by atoms with Crippen molar-refractivity contribution in [3.63, 3.8) is 0 Å². The highest BCUT2D eigenvalue weighted by atomic mass is 32.2. The van der Waals surface area contributed by atoms with Crippen LogP contribution in [0.4, 0.5) is 5.82 Å². The smallest absolute Gasteiger partial charge is 0.251 e. The summed E-state index contributed by atoms with van der Waals surface area (Å²) in [5.41, 5.74) is 2.88. The molecule has 0 atom stereocenters. The summed E-state index contributed by atoms with van der Waals surface area (Å²) in [6, 6.07) is 12.1. The molecule has 6 heteroatoms. The molecule has 1 aromatic carbocycles. The van der Waals surface area contributed by atoms with Gasteiger partial charge in [-0.2, -0.15) is 11.8 Å². The summed E-state index contributed by atoms with van der Waals surface area (Å²) in [5.74, 6) is 3.40. The zero-order valence-corrected chi connectivity index (χ0v) is 17.8. The summed E-state index contributed by atoms with van der Waals surface area (Å²) in [5, 5.41) is 3.05. The van der Waals surface area contributed by atoms with Gasteiger partial charge in [0, 0.05) is 55.0 Å². The second kappa shape index (κ2) is 10.1. The predicted octanol–water partition coefficient (Wildman–Crippen LogP) is 3.52. The van der Waals surface area contributed by atoms with E-state index in [0.717, 1.165) is 49.7 Å². The highest BCUT2D eigenvalue weighted by Gasteiger charge is 2.13. The third kappa shape index (κ3) is 5.52. The molecule has 4 rings (SSSR count). The molecule has 0 radical (unpaired) electrons. The minimum absolute atomic E-state index is 0.00463. The molecule has 2 aliphatic rings. The summed E-state index contributed by atoms with van der Waals surface area (Å²) >= 11 is 2.00. The first-order chi connectivity index (χ1) is 14.3. The van der Waals surface area contributed by atoms with Gasteiger partial charge in [-0.25, -0.2) is 4.98 Å². The molecule has 0 unspecified atom stereocenters. The standard InChI is InChI=1S/C23H30N4OS/c28-23(24-10-13-26-11-2-1-3-12-26)20-6-4-19(5-7-20)21-8-9-22(25-18-21)27-14-16-29-17-15-27/h4-9,18H,1-3,10-17H2,(H,24,28). The molecule has 1 amide bonds. The number of amides is 1. The van der Waals surface area contributed by atoms with Crippen LogP contribution in [0.25, 0.3) is 11.1 Å². The number of anilines is 1. The lowest BCUT2D eigenvalue weighted by atomic mass is 10.1. The second-order valence-electron chi connectivity index (χ2n) is 7.74. The highest BCUT2D eigenvalue weighted by molar-refractivity contribution is 7.99. The molecule has 1 aromatic heterocycles. The molecule has 2 aliphatic heterocycles. The van der Waals surface area contributed by atoms with Gasteiger partial charge in [0.15, 0.2) is 0 Å². The minimum atomic E-state index is 0.00463. The van der Waals surface area contributed by atoms with Crippen LogP contribution in [-0.4, -0.2) is 66.6 Å². The third-order valence-electron chi connectivity index (χ3n) is 5.73. The summed E-state index contributed by atoms with van der Waals surface area (Å²) in [7, 11) is 0. The van der Waals surface area contributed by atoms with Crippen LogP contribution >= 0.6 is 11.8 Å². The van der Waals surface area contributed by atoms with E-state index in [1.807, 2.05) is 42.2 Å². The fourth-order valence-electron chi connectivity index (χ4n) is 3.96. The number of carbonyl (C=O) groups is 1. The number of carbonyl (C=O) groups excluding carboxylic acids is 1. The van der Waals surface area contributed by atoms with Crippen molar-refractivity contribution < 1.29 is 4.79 Å². The van der Waals surface area contributed by atoms with Gasteiger partial charge in [-0.1, -0.05) is 18.6 Å². The maximum Gasteiger partial charge on any atom is 0.251 e. The van der Waals surface area contributed by atoms with E-state index in [9.17, 15) is 4.79 Å². The predicted molar refractivity (Wildman–Crippen MR) is 122 cm³/mol. The maximum atomic E-state index is 12.4. The van der Waals surface area contributed by atoms with Crippen molar-refractivity contribution in [1.82, 2.24) is 15.2 Å². The van der Waals surface area contributed by atoms with Crippen molar-refractivity contribution in [3.05, 3.63) is 48.2 Å². The van der Waals surface area contributed by atoms with Crippen molar-refractivity contribution in [2.45, 2.75) is 19.3 Å². The van der Waals surface area contributed by atoms with Crippen molar-refractivity contribution >= 4 is 23.5 Å². The van der Waals surface area contributed by atoms with E-state index in [1.54, 1.807) is 0 Å². The van der Waals surface area contributed by atoms with Gasteiger partial charge in [-0.05, 0) is 55.8 Å². The molecule has 154 valence electrons. The van der Waals surface area contributed by atoms with Crippen LogP contribution in [0.15, 0.2) is 42.6 Å². The van der Waals surface area contributed by atoms with Gasteiger partial charge < -0.3 is 15.1 Å². The lowest BCUT2D eigenvalue weighted by Gasteiger charge is -2.27. The van der Waals surface area contributed by atoms with Gasteiger partial charge in [0.2, 0.25) is 0 Å². The summed E-state index contributed by atoms with van der Waals surface area (Å²) in [6.07, 6.45) is 5.83. The SMILES string of the molecule is O=C(NCCN1CCCCC1)c1ccc(-c2ccc(N3CCSCC3)nc2)cc1. The van der Waals surface area contributed by atoms with E-state index in [2.05, 4.69) is 32.2 Å². The third-order valence-corrected chi connectivity index (χ3v) is 6.67. The summed E-state index contributed by atoms with van der Waals surface area (Å²) < 4.78 is 0. The molecule has 0 saturated carbocycles. The minimum Gasteiger partial charge on any atom is -0.355 e. The number of aromatic nitrogens is 1. The van der Waals surface area contributed by atoms with E-state index < -0.39 is 0 Å². The van der Waals surface area contributed by atoms with E-state index in [4.69, 9.17) is 0 Å². The van der Waals surface area contributed by atoms with Crippen LogP contribution in [0, 0.1) is 0 Å². The van der Waals surface area contributed by atoms with Gasteiger partial charge >= 0.3 is 0 Å². The maximum absolute atomic E-state index is 12.4. The number of pyridine rings is 1. The van der Waals surface area contributed by atoms with E-state index in [0.29, 0.717) is 12.1 Å². The molecule has 0 spiro atoms. The van der Waals surface area contributed by atoms with Crippen LogP contribution in [0.5, 0.6) is 0 Å². The molecule has 0 bridgehead atoms. The summed E-state index contributed by atoms with van der Waals surface area (Å²) in [6.45, 7) is 6.11. The topological polar surface area (TPSA) is 48.5 Å². The number of hydrogen-bond donors (Lipinski definition) is 1. The Morgan fingerprint density at radius 2 is 1.66 bits per heavy atom. The zero-order chi connectivity index (χ0) is 19.9. The van der Waals surface area contributed by atoms with Crippen LogP contribution in [0.2, 0.25) is 0 Å². The molecule has 29 heavy (non-hydrogen) atoms. The Labute approximate surface area is 177 Å². The molecular formula is C23H30N4OS. The van der Waals surface area contributed by atoms with Crippen molar-refractivity contribution in [3.8, 4) is 11.1 Å². The highest BCUT2D eigenvalue weighted by Crippen LogP contribution is 2.23. The molecule has 1 N–H and O–H groups in total. The first-order valence-electron chi connectivity index (χ1n) is 10.7. The van der Waals surface area contributed by atoms with Crippen molar-refractivity contribution in [2.24, 2.45) is 0 Å². The monoisotopic (exact) mass is 410 g/mol. The average Bonchev–Trinajstić information content (AvgIpc) is 2.80.